The van der Waals surface area contributed by atoms with Crippen molar-refractivity contribution >= 4 is 29.6 Å². The third-order valence-corrected chi connectivity index (χ3v) is 5.40. The van der Waals surface area contributed by atoms with Gasteiger partial charge >= 0.3 is 0 Å². The highest BCUT2D eigenvalue weighted by Crippen LogP contribution is 2.25. The molecule has 0 saturated carbocycles. The average molecular weight is 448 g/mol. The lowest BCUT2D eigenvalue weighted by Gasteiger charge is -2.24. The van der Waals surface area contributed by atoms with Crippen molar-refractivity contribution in [3.8, 4) is 0 Å². The van der Waals surface area contributed by atoms with E-state index in [0.717, 1.165) is 11.1 Å². The van der Waals surface area contributed by atoms with Crippen LogP contribution in [0.1, 0.15) is 36.5 Å². The summed E-state index contributed by atoms with van der Waals surface area (Å²) < 4.78 is 0. The van der Waals surface area contributed by atoms with Crippen molar-refractivity contribution in [3.05, 3.63) is 107 Å². The van der Waals surface area contributed by atoms with Crippen LogP contribution >= 0.6 is 11.6 Å². The minimum absolute atomic E-state index is 0.137. The number of hydrazone groups is 1. The molecule has 0 aliphatic carbocycles. The average Bonchev–Trinajstić information content (AvgIpc) is 2.80. The van der Waals surface area contributed by atoms with Gasteiger partial charge in [0.05, 0.1) is 12.1 Å². The lowest BCUT2D eigenvalue weighted by atomic mass is 9.89. The lowest BCUT2D eigenvalue weighted by molar-refractivity contribution is -0.130. The van der Waals surface area contributed by atoms with Gasteiger partial charge in [-0.15, -0.1) is 0 Å². The zero-order chi connectivity index (χ0) is 22.9. The van der Waals surface area contributed by atoms with E-state index < -0.39 is 17.9 Å². The fourth-order valence-corrected chi connectivity index (χ4v) is 3.56. The van der Waals surface area contributed by atoms with Crippen molar-refractivity contribution in [1.29, 1.82) is 0 Å². The first kappa shape index (κ1) is 23.2. The van der Waals surface area contributed by atoms with Gasteiger partial charge in [-0.25, -0.2) is 5.43 Å². The van der Waals surface area contributed by atoms with Crippen LogP contribution in [0.25, 0.3) is 0 Å². The predicted molar refractivity (Wildman–Crippen MR) is 129 cm³/mol. The van der Waals surface area contributed by atoms with Gasteiger partial charge in [-0.05, 0) is 23.1 Å². The molecule has 5 nitrogen and oxygen atoms in total. The van der Waals surface area contributed by atoms with E-state index in [9.17, 15) is 9.59 Å². The van der Waals surface area contributed by atoms with E-state index in [2.05, 4.69) is 15.8 Å². The van der Waals surface area contributed by atoms with Crippen molar-refractivity contribution in [3.63, 3.8) is 0 Å². The van der Waals surface area contributed by atoms with E-state index >= 15 is 0 Å². The van der Waals surface area contributed by atoms with Gasteiger partial charge in [0.1, 0.15) is 6.04 Å². The zero-order valence-electron chi connectivity index (χ0n) is 18.0. The Bertz CT molecular complexity index is 1030. The second kappa shape index (κ2) is 11.3. The minimum atomic E-state index is -0.749. The van der Waals surface area contributed by atoms with Gasteiger partial charge in [0.15, 0.2) is 0 Å². The molecule has 0 aromatic heterocycles. The zero-order valence-corrected chi connectivity index (χ0v) is 18.8. The second-order valence-electron chi connectivity index (χ2n) is 7.74. The van der Waals surface area contributed by atoms with Crippen LogP contribution in [0, 0.1) is 5.92 Å². The molecule has 6 heteroatoms. The Hall–Kier alpha value is -3.44. The molecule has 3 aromatic carbocycles. The number of nitrogens with zero attached hydrogens (tertiary/aromatic N) is 1. The topological polar surface area (TPSA) is 70.6 Å². The molecule has 0 unspecified atom stereocenters. The van der Waals surface area contributed by atoms with Gasteiger partial charge in [-0.1, -0.05) is 104 Å². The summed E-state index contributed by atoms with van der Waals surface area (Å²) in [5, 5.41) is 7.47. The molecule has 32 heavy (non-hydrogen) atoms. The molecule has 0 heterocycles. The van der Waals surface area contributed by atoms with E-state index in [4.69, 9.17) is 11.6 Å². The highest BCUT2D eigenvalue weighted by Gasteiger charge is 2.29. The summed E-state index contributed by atoms with van der Waals surface area (Å²) >= 11 is 6.11. The molecule has 2 amide bonds. The van der Waals surface area contributed by atoms with Gasteiger partial charge in [0.2, 0.25) is 5.91 Å². The first-order chi connectivity index (χ1) is 15.5. The van der Waals surface area contributed by atoms with Crippen LogP contribution < -0.4 is 10.7 Å². The predicted octanol–water partition coefficient (Wildman–Crippen LogP) is 4.76. The second-order valence-corrected chi connectivity index (χ2v) is 8.15. The summed E-state index contributed by atoms with van der Waals surface area (Å²) in [4.78, 5) is 26.2. The van der Waals surface area contributed by atoms with Crippen LogP contribution in [0.5, 0.6) is 0 Å². The molecule has 0 radical (unpaired) electrons. The molecule has 164 valence electrons. The summed E-state index contributed by atoms with van der Waals surface area (Å²) in [6.45, 7) is 3.75. The maximum atomic E-state index is 13.4. The van der Waals surface area contributed by atoms with Gasteiger partial charge in [0.25, 0.3) is 5.91 Å². The number of rotatable bonds is 8. The van der Waals surface area contributed by atoms with Crippen LogP contribution in [0.3, 0.4) is 0 Å². The monoisotopic (exact) mass is 447 g/mol. The van der Waals surface area contributed by atoms with E-state index in [1.165, 1.54) is 6.21 Å². The number of benzene rings is 3. The highest BCUT2D eigenvalue weighted by molar-refractivity contribution is 6.33. The fraction of sp³-hybridized carbons (Fsp3) is 0.192. The summed E-state index contributed by atoms with van der Waals surface area (Å²) in [7, 11) is 0. The van der Waals surface area contributed by atoms with Crippen molar-refractivity contribution in [2.24, 2.45) is 11.0 Å². The summed E-state index contributed by atoms with van der Waals surface area (Å²) in [6, 6.07) is 25.5. The maximum absolute atomic E-state index is 13.4. The van der Waals surface area contributed by atoms with Gasteiger partial charge in [0, 0.05) is 10.6 Å². The van der Waals surface area contributed by atoms with E-state index in [-0.39, 0.29) is 11.8 Å². The Balaban J connectivity index is 1.76. The number of carbonyl (C=O) groups excluding carboxylic acids is 2. The number of hydrogen-bond acceptors (Lipinski definition) is 3. The fourth-order valence-electron chi connectivity index (χ4n) is 3.37. The van der Waals surface area contributed by atoms with Gasteiger partial charge < -0.3 is 5.32 Å². The molecule has 0 fully saturated rings. The van der Waals surface area contributed by atoms with Crippen molar-refractivity contribution in [2.75, 3.05) is 0 Å². The molecule has 0 spiro atoms. The van der Waals surface area contributed by atoms with Crippen LogP contribution in [-0.2, 0) is 9.59 Å². The molecule has 0 aliphatic heterocycles. The van der Waals surface area contributed by atoms with Crippen LogP contribution in [0.4, 0.5) is 0 Å². The van der Waals surface area contributed by atoms with Crippen LogP contribution in [0.2, 0.25) is 5.02 Å². The largest absolute Gasteiger partial charge is 0.343 e. The Morgan fingerprint density at radius 1 is 0.812 bits per heavy atom. The van der Waals surface area contributed by atoms with Crippen LogP contribution in [0.15, 0.2) is 90.0 Å². The first-order valence-electron chi connectivity index (χ1n) is 10.4. The van der Waals surface area contributed by atoms with Crippen molar-refractivity contribution < 1.29 is 9.59 Å². The number of halogens is 1. The molecule has 2 N–H and O–H groups in total. The standard InChI is InChI=1S/C26H26ClN3O2/c1-18(2)24(26(32)30-28-17-21-15-9-10-16-22(21)27)29-25(31)23(19-11-5-3-6-12-19)20-13-7-4-8-14-20/h3-18,23-24H,1-2H3,(H,29,31)(H,30,32)/b28-17-/t24-/m0/s1. The first-order valence-corrected chi connectivity index (χ1v) is 10.8. The summed E-state index contributed by atoms with van der Waals surface area (Å²) in [6.07, 6.45) is 1.48. The number of carbonyl (C=O) groups is 2. The Morgan fingerprint density at radius 3 is 1.88 bits per heavy atom. The van der Waals surface area contributed by atoms with Crippen LogP contribution in [-0.4, -0.2) is 24.1 Å². The Labute approximate surface area is 193 Å². The molecule has 0 saturated heterocycles. The number of nitrogens with one attached hydrogen (secondary N) is 2. The quantitative estimate of drug-likeness (QED) is 0.386. The summed E-state index contributed by atoms with van der Waals surface area (Å²) in [5.41, 5.74) is 4.92. The normalized spacial score (nSPS) is 12.2. The molecular formula is C26H26ClN3O2. The highest BCUT2D eigenvalue weighted by atomic mass is 35.5. The van der Waals surface area contributed by atoms with Crippen molar-refractivity contribution in [1.82, 2.24) is 10.7 Å². The third kappa shape index (κ3) is 6.05. The lowest BCUT2D eigenvalue weighted by Crippen LogP contribution is -2.50. The molecule has 3 aromatic rings. The van der Waals surface area contributed by atoms with Crippen molar-refractivity contribution in [2.45, 2.75) is 25.8 Å². The smallest absolute Gasteiger partial charge is 0.262 e. The minimum Gasteiger partial charge on any atom is -0.343 e. The summed E-state index contributed by atoms with van der Waals surface area (Å²) in [5.74, 6) is -1.30. The molecule has 0 bridgehead atoms. The SMILES string of the molecule is CC(C)[C@H](NC(=O)C(c1ccccc1)c1ccccc1)C(=O)N/N=C\c1ccccc1Cl. The van der Waals surface area contributed by atoms with E-state index in [1.807, 2.05) is 86.6 Å². The Morgan fingerprint density at radius 2 is 1.34 bits per heavy atom. The number of hydrogen-bond donors (Lipinski definition) is 2. The molecule has 1 atom stereocenters. The molecule has 3 rings (SSSR count). The molecular weight excluding hydrogens is 422 g/mol. The van der Waals surface area contributed by atoms with Gasteiger partial charge in [-0.2, -0.15) is 5.10 Å². The maximum Gasteiger partial charge on any atom is 0.262 e. The molecule has 0 aliphatic rings. The van der Waals surface area contributed by atoms with E-state index in [0.29, 0.717) is 10.6 Å². The Kier molecular flexibility index (Phi) is 8.17. The third-order valence-electron chi connectivity index (χ3n) is 5.06. The van der Waals surface area contributed by atoms with Gasteiger partial charge in [-0.3, -0.25) is 9.59 Å². The van der Waals surface area contributed by atoms with E-state index in [1.54, 1.807) is 12.1 Å². The number of amides is 2.